The van der Waals surface area contributed by atoms with Crippen LogP contribution in [0.4, 0.5) is 0 Å². The van der Waals surface area contributed by atoms with E-state index in [-0.39, 0.29) is 184 Å². The Morgan fingerprint density at radius 1 is 0.121 bits per heavy atom. The molecule has 0 saturated heterocycles. The van der Waals surface area contributed by atoms with E-state index in [1.165, 1.54) is 0 Å². The summed E-state index contributed by atoms with van der Waals surface area (Å²) in [5, 5.41) is 0. The maximum Gasteiger partial charge on any atom is 0.394 e. The topological polar surface area (TPSA) is 746 Å². The van der Waals surface area contributed by atoms with Gasteiger partial charge in [0.25, 0.3) is 0 Å². The predicted molar refractivity (Wildman–Crippen MR) is 210 cm³/mol. The molecule has 40 nitrogen and oxygen atoms in total. The van der Waals surface area contributed by atoms with Gasteiger partial charge in [0.1, 0.15) is 0 Å². The Balaban J connectivity index is -0.0000000189. The van der Waals surface area contributed by atoms with Gasteiger partial charge in [-0.25, -0.2) is 0 Å². The van der Waals surface area contributed by atoms with Gasteiger partial charge < -0.3 is 0 Å². The van der Waals surface area contributed by atoms with Gasteiger partial charge in [0.05, 0.1) is 0 Å². The van der Waals surface area contributed by atoms with Crippen molar-refractivity contribution in [1.82, 2.24) is 0 Å². The van der Waals surface area contributed by atoms with E-state index < -0.39 is 104 Å². The van der Waals surface area contributed by atoms with Gasteiger partial charge in [0.2, 0.25) is 0 Å². The molecular formula is H36Mg8O40S10. The Morgan fingerprint density at radius 2 is 0.121 bits per heavy atom. The van der Waals surface area contributed by atoms with Crippen molar-refractivity contribution in [1.29, 1.82) is 0 Å². The summed E-state index contributed by atoms with van der Waals surface area (Å²) < 4.78 is 316. The van der Waals surface area contributed by atoms with Gasteiger partial charge in [0, 0.05) is 0 Å². The molecule has 0 fully saturated rings. The van der Waals surface area contributed by atoms with Crippen LogP contribution < -0.4 is 0 Å². The van der Waals surface area contributed by atoms with Crippen molar-refractivity contribution >= 4 is 288 Å². The molecule has 20 N–H and O–H groups in total. The molecular weight excluding hydrogens is 1160 g/mol. The first kappa shape index (κ1) is 120. The van der Waals surface area contributed by atoms with Crippen molar-refractivity contribution in [3.8, 4) is 0 Å². The highest BCUT2D eigenvalue weighted by Gasteiger charge is 1.88. The van der Waals surface area contributed by atoms with Crippen LogP contribution in [0.3, 0.4) is 0 Å². The zero-order valence-corrected chi connectivity index (χ0v) is 29.4. The van der Waals surface area contributed by atoms with E-state index >= 15 is 0 Å². The Hall–Kier alpha value is 4.83. The quantitative estimate of drug-likeness (QED) is 0.0791. The second kappa shape index (κ2) is 54.4. The minimum Gasteiger partial charge on any atom is -0.264 e. The fraction of sp³-hybridized carbons (Fsp3) is 0. The molecule has 58 heteroatoms. The fourth-order valence-electron chi connectivity index (χ4n) is 0. The lowest BCUT2D eigenvalue weighted by Crippen LogP contribution is -1.89. The highest BCUT2D eigenvalue weighted by atomic mass is 32.3. The first-order valence-electron chi connectivity index (χ1n) is 6.98. The molecule has 0 unspecified atom stereocenters. The summed E-state index contributed by atoms with van der Waals surface area (Å²) in [4.78, 5) is 0. The van der Waals surface area contributed by atoms with E-state index in [0.717, 1.165) is 0 Å². The number of hydrogen-bond acceptors (Lipinski definition) is 20. The molecule has 0 aliphatic heterocycles. The molecule has 0 saturated carbocycles. The summed E-state index contributed by atoms with van der Waals surface area (Å²) >= 11 is 0. The minimum atomic E-state index is -4.67. The fourth-order valence-corrected chi connectivity index (χ4v) is 0. The van der Waals surface area contributed by atoms with Crippen molar-refractivity contribution in [3.63, 3.8) is 0 Å². The maximum absolute atomic E-state index is 8.74. The monoisotopic (exact) mass is 1190 g/mol. The van der Waals surface area contributed by atoms with Gasteiger partial charge in [-0.1, -0.05) is 0 Å². The van der Waals surface area contributed by atoms with E-state index in [2.05, 4.69) is 0 Å². The van der Waals surface area contributed by atoms with Crippen molar-refractivity contribution in [2.75, 3.05) is 0 Å². The molecule has 0 bridgehead atoms. The summed E-state index contributed by atoms with van der Waals surface area (Å²) in [7, 11) is -46.7. The van der Waals surface area contributed by atoms with E-state index in [4.69, 9.17) is 175 Å². The van der Waals surface area contributed by atoms with Crippen molar-refractivity contribution in [2.45, 2.75) is 0 Å². The van der Waals surface area contributed by atoms with Crippen LogP contribution in [-0.2, 0) is 104 Å². The van der Waals surface area contributed by atoms with E-state index in [9.17, 15) is 0 Å². The zero-order chi connectivity index (χ0) is 45.0. The van der Waals surface area contributed by atoms with Crippen molar-refractivity contribution in [2.24, 2.45) is 0 Å². The van der Waals surface area contributed by atoms with Gasteiger partial charge in [-0.3, -0.25) is 91.1 Å². The summed E-state index contributed by atoms with van der Waals surface area (Å²) in [6.45, 7) is 0. The molecule has 0 amide bonds. The maximum atomic E-state index is 8.74. The molecule has 0 aliphatic rings. The Morgan fingerprint density at radius 3 is 0.121 bits per heavy atom. The van der Waals surface area contributed by atoms with Crippen LogP contribution in [0.5, 0.6) is 0 Å². The lowest BCUT2D eigenvalue weighted by Gasteiger charge is -1.68. The summed E-state index contributed by atoms with van der Waals surface area (Å²) in [6, 6.07) is 0. The Kier molecular flexibility index (Phi) is 112. The van der Waals surface area contributed by atoms with Crippen molar-refractivity contribution < 1.29 is 175 Å². The highest BCUT2D eigenvalue weighted by Crippen LogP contribution is 1.63. The molecule has 0 radical (unpaired) electrons. The third-order valence-corrected chi connectivity index (χ3v) is 0. The normalized spacial score (nSPS) is 10.0. The van der Waals surface area contributed by atoms with Crippen molar-refractivity contribution in [3.05, 3.63) is 0 Å². The van der Waals surface area contributed by atoms with E-state index in [1.54, 1.807) is 0 Å². The number of rotatable bonds is 0. The SMILES string of the molecule is O=S(=O)(O)O.O=S(=O)(O)O.O=S(=O)(O)O.O=S(=O)(O)O.O=S(=O)(O)O.O=S(=O)(O)O.O=S(=O)(O)O.O=S(=O)(O)O.O=S(=O)(O)O.O=S(=O)(O)O.[MgH2].[MgH2].[MgH2].[MgH2].[MgH2].[MgH2].[MgH2].[MgH2]. The largest absolute Gasteiger partial charge is 0.394 e. The third-order valence-electron chi connectivity index (χ3n) is 0. The second-order valence-electron chi connectivity index (χ2n) is 4.48. The third kappa shape index (κ3) is 9330. The van der Waals surface area contributed by atoms with Crippen LogP contribution >= 0.6 is 0 Å². The van der Waals surface area contributed by atoms with E-state index in [0.29, 0.717) is 0 Å². The first-order chi connectivity index (χ1) is 20.0. The van der Waals surface area contributed by atoms with Gasteiger partial charge >= 0.3 is 288 Å². The van der Waals surface area contributed by atoms with Crippen LogP contribution in [0.1, 0.15) is 0 Å². The lowest BCUT2D eigenvalue weighted by atomic mass is 15.8. The van der Waals surface area contributed by atoms with Gasteiger partial charge in [-0.2, -0.15) is 84.2 Å². The molecule has 0 aliphatic carbocycles. The summed E-state index contributed by atoms with van der Waals surface area (Å²) in [6.07, 6.45) is 0. The lowest BCUT2D eigenvalue weighted by molar-refractivity contribution is 0.378. The van der Waals surface area contributed by atoms with Crippen LogP contribution in [0.15, 0.2) is 0 Å². The average molecular weight is 1190 g/mol. The highest BCUT2D eigenvalue weighted by molar-refractivity contribution is 7.81. The Bertz CT molecular complexity index is 1400. The number of hydrogen-bond donors (Lipinski definition) is 20. The van der Waals surface area contributed by atoms with Crippen LogP contribution in [0, 0.1) is 0 Å². The molecule has 0 aromatic rings. The predicted octanol–water partition coefficient (Wildman–Crippen LogP) is -13.9. The molecule has 0 aromatic carbocycles. The van der Waals surface area contributed by atoms with Gasteiger partial charge in [0.15, 0.2) is 0 Å². The molecule has 58 heavy (non-hydrogen) atoms. The average Bonchev–Trinajstić information content (AvgIpc) is 2.34. The van der Waals surface area contributed by atoms with Gasteiger partial charge in [-0.05, 0) is 0 Å². The van der Waals surface area contributed by atoms with E-state index in [1.807, 2.05) is 0 Å². The van der Waals surface area contributed by atoms with Gasteiger partial charge in [-0.15, -0.1) is 0 Å². The second-order valence-corrected chi connectivity index (χ2v) is 13.4. The standard InChI is InChI=1S/8Mg.10H2O4S.16H/c;;;;;;;;10*1-5(2,3)4;;;;;;;;;;;;;;;;/h;;;;;;;;10*(H2,1,2,3,4);;;;;;;;;;;;;;;;. The first-order valence-corrected chi connectivity index (χ1v) is 21.0. The van der Waals surface area contributed by atoms with Crippen LogP contribution in [0.2, 0.25) is 0 Å². The Labute approximate surface area is 456 Å². The van der Waals surface area contributed by atoms with Crippen LogP contribution in [0.25, 0.3) is 0 Å². The zero-order valence-electron chi connectivity index (χ0n) is 21.2. The molecule has 0 heterocycles. The molecule has 0 spiro atoms. The summed E-state index contributed by atoms with van der Waals surface area (Å²) in [5.41, 5.74) is 0. The minimum absolute atomic E-state index is 0. The molecule has 352 valence electrons. The molecule has 0 aromatic heterocycles. The molecule has 0 rings (SSSR count). The van der Waals surface area contributed by atoms with Crippen LogP contribution in [-0.4, -0.2) is 360 Å². The summed E-state index contributed by atoms with van der Waals surface area (Å²) in [5.74, 6) is 0. The molecule has 0 atom stereocenters. The smallest absolute Gasteiger partial charge is 0.264 e.